The second-order valence-corrected chi connectivity index (χ2v) is 7.20. The number of halogens is 2. The molecule has 6 nitrogen and oxygen atoms in total. The van der Waals surface area contributed by atoms with E-state index in [9.17, 15) is 9.50 Å². The van der Waals surface area contributed by atoms with Crippen LogP contribution in [0.5, 0.6) is 5.75 Å². The summed E-state index contributed by atoms with van der Waals surface area (Å²) in [5, 5.41) is 25.5. The number of amidine groups is 1. The second kappa shape index (κ2) is 8.20. The van der Waals surface area contributed by atoms with Crippen molar-refractivity contribution in [2.75, 3.05) is 38.5 Å². The molecular formula is C23H21F2N5O. The van der Waals surface area contributed by atoms with E-state index in [2.05, 4.69) is 21.5 Å². The van der Waals surface area contributed by atoms with Gasteiger partial charge in [-0.25, -0.2) is 8.78 Å². The molecule has 3 aromatic rings. The minimum absolute atomic E-state index is 0.0302. The summed E-state index contributed by atoms with van der Waals surface area (Å²) >= 11 is 0. The number of benzene rings is 2. The number of phenolic OH excluding ortho intramolecular Hbond substituents is 1. The van der Waals surface area contributed by atoms with Gasteiger partial charge in [0, 0.05) is 50.4 Å². The minimum atomic E-state index is -0.709. The monoisotopic (exact) mass is 421 g/mol. The molecular weight excluding hydrogens is 400 g/mol. The van der Waals surface area contributed by atoms with Gasteiger partial charge in [0.05, 0.1) is 16.8 Å². The number of nitrogens with one attached hydrogen (secondary N) is 3. The van der Waals surface area contributed by atoms with Crippen molar-refractivity contribution >= 4 is 22.3 Å². The van der Waals surface area contributed by atoms with Crippen molar-refractivity contribution in [1.82, 2.24) is 15.2 Å². The Morgan fingerprint density at radius 3 is 2.71 bits per heavy atom. The smallest absolute Gasteiger partial charge is 0.173 e. The van der Waals surface area contributed by atoms with Crippen LogP contribution < -0.4 is 10.6 Å². The Balaban J connectivity index is 1.92. The predicted molar refractivity (Wildman–Crippen MR) is 118 cm³/mol. The molecule has 4 rings (SSSR count). The summed E-state index contributed by atoms with van der Waals surface area (Å²) in [7, 11) is 1.56. The number of piperazine rings is 1. The number of hydrogen-bond acceptors (Lipinski definition) is 5. The van der Waals surface area contributed by atoms with E-state index in [1.54, 1.807) is 7.05 Å². The van der Waals surface area contributed by atoms with E-state index in [0.717, 1.165) is 13.1 Å². The number of nitrogens with zero attached hydrogens (tertiary/aromatic N) is 2. The zero-order valence-corrected chi connectivity index (χ0v) is 16.9. The molecule has 2 heterocycles. The summed E-state index contributed by atoms with van der Waals surface area (Å²) in [5.41, 5.74) is 0.473. The van der Waals surface area contributed by atoms with E-state index in [4.69, 9.17) is 11.8 Å². The van der Waals surface area contributed by atoms with Gasteiger partial charge in [-0.3, -0.25) is 10.4 Å². The number of anilines is 1. The lowest BCUT2D eigenvalue weighted by Gasteiger charge is -2.30. The van der Waals surface area contributed by atoms with Gasteiger partial charge in [-0.1, -0.05) is 12.0 Å². The minimum Gasteiger partial charge on any atom is -0.508 e. The highest BCUT2D eigenvalue weighted by molar-refractivity contribution is 6.04. The van der Waals surface area contributed by atoms with Gasteiger partial charge in [-0.05, 0) is 23.6 Å². The first-order chi connectivity index (χ1) is 15.0. The lowest BCUT2D eigenvalue weighted by molar-refractivity contribution is 0.356. The van der Waals surface area contributed by atoms with Gasteiger partial charge in [0.2, 0.25) is 0 Å². The summed E-state index contributed by atoms with van der Waals surface area (Å²) in [4.78, 5) is 6.12. The Kier molecular flexibility index (Phi) is 5.44. The van der Waals surface area contributed by atoms with Crippen LogP contribution in [0.2, 0.25) is 0 Å². The Bertz CT molecular complexity index is 1230. The van der Waals surface area contributed by atoms with Gasteiger partial charge >= 0.3 is 0 Å². The zero-order valence-electron chi connectivity index (χ0n) is 16.9. The van der Waals surface area contributed by atoms with Crippen molar-refractivity contribution in [2.24, 2.45) is 0 Å². The molecule has 1 saturated heterocycles. The van der Waals surface area contributed by atoms with Crippen LogP contribution in [-0.2, 0) is 0 Å². The number of phenols is 1. The molecule has 31 heavy (non-hydrogen) atoms. The van der Waals surface area contributed by atoms with Crippen LogP contribution in [-0.4, -0.2) is 54.1 Å². The Morgan fingerprint density at radius 1 is 1.29 bits per heavy atom. The Labute approximate surface area is 178 Å². The first-order valence-electron chi connectivity index (χ1n) is 9.79. The normalized spacial score (nSPS) is 13.8. The summed E-state index contributed by atoms with van der Waals surface area (Å²) < 4.78 is 30.0. The maximum Gasteiger partial charge on any atom is 0.173 e. The van der Waals surface area contributed by atoms with Crippen LogP contribution in [0.3, 0.4) is 0 Å². The van der Waals surface area contributed by atoms with Crippen LogP contribution in [0.1, 0.15) is 11.1 Å². The van der Waals surface area contributed by atoms with Crippen molar-refractivity contribution in [3.63, 3.8) is 0 Å². The van der Waals surface area contributed by atoms with Gasteiger partial charge < -0.3 is 20.6 Å². The highest BCUT2D eigenvalue weighted by Crippen LogP contribution is 2.38. The maximum absolute atomic E-state index is 15.7. The van der Waals surface area contributed by atoms with E-state index in [1.165, 1.54) is 30.5 Å². The molecule has 1 fully saturated rings. The third kappa shape index (κ3) is 3.53. The van der Waals surface area contributed by atoms with Crippen LogP contribution >= 0.6 is 0 Å². The summed E-state index contributed by atoms with van der Waals surface area (Å²) in [6, 6.07) is 5.43. The highest BCUT2D eigenvalue weighted by Gasteiger charge is 2.24. The van der Waals surface area contributed by atoms with E-state index in [0.29, 0.717) is 29.4 Å². The molecule has 0 spiro atoms. The van der Waals surface area contributed by atoms with Gasteiger partial charge in [-0.2, -0.15) is 0 Å². The summed E-state index contributed by atoms with van der Waals surface area (Å²) in [6.45, 7) is 2.74. The van der Waals surface area contributed by atoms with Crippen molar-refractivity contribution in [3.8, 4) is 29.4 Å². The van der Waals surface area contributed by atoms with Gasteiger partial charge in [0.1, 0.15) is 23.1 Å². The highest BCUT2D eigenvalue weighted by atomic mass is 19.1. The molecule has 8 heteroatoms. The lowest BCUT2D eigenvalue weighted by Crippen LogP contribution is -2.46. The average molecular weight is 421 g/mol. The fraction of sp³-hybridized carbons (Fsp3) is 0.217. The van der Waals surface area contributed by atoms with E-state index in [1.807, 2.05) is 4.90 Å². The van der Waals surface area contributed by atoms with Crippen molar-refractivity contribution in [3.05, 3.63) is 53.2 Å². The first kappa shape index (κ1) is 20.6. The van der Waals surface area contributed by atoms with Crippen molar-refractivity contribution in [2.45, 2.75) is 0 Å². The molecule has 0 radical (unpaired) electrons. The Morgan fingerprint density at radius 2 is 2.03 bits per heavy atom. The van der Waals surface area contributed by atoms with E-state index >= 15 is 4.39 Å². The molecule has 0 amide bonds. The second-order valence-electron chi connectivity index (χ2n) is 7.20. The third-order valence-electron chi connectivity index (χ3n) is 5.41. The Hall–Kier alpha value is -3.70. The molecule has 2 aromatic carbocycles. The fourth-order valence-corrected chi connectivity index (χ4v) is 3.91. The molecule has 0 saturated carbocycles. The molecule has 1 aliphatic rings. The molecule has 0 unspecified atom stereocenters. The maximum atomic E-state index is 15.7. The third-order valence-corrected chi connectivity index (χ3v) is 5.41. The van der Waals surface area contributed by atoms with Crippen LogP contribution in [0.15, 0.2) is 30.5 Å². The van der Waals surface area contributed by atoms with E-state index in [-0.39, 0.29) is 34.1 Å². The van der Waals surface area contributed by atoms with Crippen LogP contribution in [0, 0.1) is 29.4 Å². The molecule has 0 bridgehead atoms. The topological polar surface area (TPSA) is 84.3 Å². The van der Waals surface area contributed by atoms with Gasteiger partial charge in [0.25, 0.3) is 0 Å². The number of fused-ring (bicyclic) bond motifs is 1. The molecule has 0 atom stereocenters. The van der Waals surface area contributed by atoms with Gasteiger partial charge in [-0.15, -0.1) is 6.42 Å². The summed E-state index contributed by atoms with van der Waals surface area (Å²) in [5.74, 6) is 1.04. The predicted octanol–water partition coefficient (Wildman–Crippen LogP) is 3.14. The summed E-state index contributed by atoms with van der Waals surface area (Å²) in [6.07, 6.45) is 6.94. The fourth-order valence-electron chi connectivity index (χ4n) is 3.91. The van der Waals surface area contributed by atoms with E-state index < -0.39 is 11.6 Å². The molecule has 1 aromatic heterocycles. The average Bonchev–Trinajstić information content (AvgIpc) is 2.78. The number of aromatic nitrogens is 1. The molecule has 0 aliphatic carbocycles. The zero-order chi connectivity index (χ0) is 22.1. The van der Waals surface area contributed by atoms with Crippen molar-refractivity contribution < 1.29 is 13.9 Å². The standard InChI is InChI=1S/C23H21F2N5O/c1-3-15-18(24)5-4-13-10-14(31)11-16(19(13)15)22-20(25)21(27-2)17(12-29-22)23(26)30-8-6-28-7-9-30/h1,4-5,10-12,26,28,31H,6-9H2,2H3,(H,27,29). The lowest BCUT2D eigenvalue weighted by atomic mass is 9.95. The molecule has 158 valence electrons. The number of pyridine rings is 1. The number of terminal acetylenes is 1. The largest absolute Gasteiger partial charge is 0.508 e. The molecule has 1 aliphatic heterocycles. The van der Waals surface area contributed by atoms with Crippen molar-refractivity contribution in [1.29, 1.82) is 5.41 Å². The number of aromatic hydroxyl groups is 1. The quantitative estimate of drug-likeness (QED) is 0.297. The van der Waals surface area contributed by atoms with Crippen LogP contribution in [0.25, 0.3) is 22.0 Å². The number of hydrogen-bond donors (Lipinski definition) is 4. The first-order valence-corrected chi connectivity index (χ1v) is 9.79. The van der Waals surface area contributed by atoms with Crippen LogP contribution in [0.4, 0.5) is 14.5 Å². The SMILES string of the molecule is C#Cc1c(F)ccc2cc(O)cc(-c3ncc(C(=N)N4CCNCC4)c(NC)c3F)c12. The van der Waals surface area contributed by atoms with Gasteiger partial charge in [0.15, 0.2) is 5.82 Å². The molecule has 4 N–H and O–H groups in total. The number of rotatable bonds is 3.